The Morgan fingerprint density at radius 1 is 0.923 bits per heavy atom. The van der Waals surface area contributed by atoms with Gasteiger partial charge in [0, 0.05) is 0 Å². The van der Waals surface area contributed by atoms with E-state index in [-0.39, 0.29) is 11.8 Å². The van der Waals surface area contributed by atoms with Crippen molar-refractivity contribution < 1.29 is 19.8 Å². The highest BCUT2D eigenvalue weighted by Gasteiger charge is 2.54. The molecule has 2 aliphatic carbocycles. The summed E-state index contributed by atoms with van der Waals surface area (Å²) in [4.78, 5) is 21.7. The molecule has 4 atom stereocenters. The molecule has 0 heterocycles. The lowest BCUT2D eigenvalue weighted by Crippen LogP contribution is -2.34. The Labute approximate surface area is 75.6 Å². The fraction of sp³-hybridized carbons (Fsp3) is 0.778. The van der Waals surface area contributed by atoms with E-state index in [0.29, 0.717) is 0 Å². The summed E-state index contributed by atoms with van der Waals surface area (Å²) in [5.74, 6) is -2.89. The lowest BCUT2D eigenvalue weighted by atomic mass is 9.79. The molecule has 72 valence electrons. The van der Waals surface area contributed by atoms with Gasteiger partial charge in [-0.2, -0.15) is 0 Å². The van der Waals surface area contributed by atoms with E-state index in [1.807, 2.05) is 0 Å². The van der Waals surface area contributed by atoms with Gasteiger partial charge in [0.25, 0.3) is 0 Å². The lowest BCUT2D eigenvalue weighted by Gasteiger charge is -2.24. The van der Waals surface area contributed by atoms with Gasteiger partial charge in [0.2, 0.25) is 0 Å². The SMILES string of the molecule is O=C(O)C1C2CCC(C2)[C@@H]1C(=O)O. The molecule has 2 N–H and O–H groups in total. The van der Waals surface area contributed by atoms with Gasteiger partial charge in [-0.1, -0.05) is 0 Å². The zero-order valence-corrected chi connectivity index (χ0v) is 7.14. The van der Waals surface area contributed by atoms with E-state index in [2.05, 4.69) is 0 Å². The summed E-state index contributed by atoms with van der Waals surface area (Å²) in [6.07, 6.45) is 2.59. The Morgan fingerprint density at radius 2 is 1.31 bits per heavy atom. The Hall–Kier alpha value is -1.06. The van der Waals surface area contributed by atoms with Crippen LogP contribution >= 0.6 is 0 Å². The van der Waals surface area contributed by atoms with Crippen LogP contribution in [0.2, 0.25) is 0 Å². The molecule has 2 fully saturated rings. The lowest BCUT2D eigenvalue weighted by molar-refractivity contribution is -0.156. The molecular weight excluding hydrogens is 172 g/mol. The van der Waals surface area contributed by atoms with E-state index in [0.717, 1.165) is 19.3 Å². The summed E-state index contributed by atoms with van der Waals surface area (Å²) in [5, 5.41) is 17.8. The number of hydrogen-bond acceptors (Lipinski definition) is 2. The zero-order chi connectivity index (χ0) is 9.59. The standard InChI is InChI=1S/C9H12O4/c10-8(11)6-4-1-2-5(3-4)7(6)9(12)13/h4-7H,1-3H2,(H,10,11)(H,12,13)/t4?,5?,6-,7?/m0/s1. The number of aliphatic carboxylic acids is 2. The average molecular weight is 184 g/mol. The monoisotopic (exact) mass is 184 g/mol. The van der Waals surface area contributed by atoms with Crippen LogP contribution in [0.25, 0.3) is 0 Å². The van der Waals surface area contributed by atoms with Crippen LogP contribution in [0.15, 0.2) is 0 Å². The summed E-state index contributed by atoms with van der Waals surface area (Å²) < 4.78 is 0. The largest absolute Gasteiger partial charge is 0.481 e. The van der Waals surface area contributed by atoms with Crippen LogP contribution in [0.3, 0.4) is 0 Å². The van der Waals surface area contributed by atoms with Gasteiger partial charge in [-0.05, 0) is 31.1 Å². The number of hydrogen-bond donors (Lipinski definition) is 2. The molecule has 4 heteroatoms. The first-order valence-corrected chi connectivity index (χ1v) is 4.57. The number of carboxylic acid groups (broad SMARTS) is 2. The molecule has 0 aromatic heterocycles. The van der Waals surface area contributed by atoms with Crippen LogP contribution in [-0.2, 0) is 9.59 Å². The molecule has 0 radical (unpaired) electrons. The van der Waals surface area contributed by atoms with Crippen molar-refractivity contribution in [1.82, 2.24) is 0 Å². The summed E-state index contributed by atoms with van der Waals surface area (Å²) in [6, 6.07) is 0. The van der Waals surface area contributed by atoms with Crippen LogP contribution in [0.4, 0.5) is 0 Å². The molecular formula is C9H12O4. The van der Waals surface area contributed by atoms with Gasteiger partial charge < -0.3 is 10.2 Å². The van der Waals surface area contributed by atoms with Gasteiger partial charge in [-0.15, -0.1) is 0 Å². The van der Waals surface area contributed by atoms with Crippen molar-refractivity contribution in [2.45, 2.75) is 19.3 Å². The third-order valence-corrected chi connectivity index (χ3v) is 3.49. The van der Waals surface area contributed by atoms with Gasteiger partial charge in [-0.25, -0.2) is 0 Å². The van der Waals surface area contributed by atoms with Crippen molar-refractivity contribution >= 4 is 11.9 Å². The van der Waals surface area contributed by atoms with Crippen molar-refractivity contribution in [3.8, 4) is 0 Å². The molecule has 0 aliphatic heterocycles. The van der Waals surface area contributed by atoms with Crippen molar-refractivity contribution in [2.24, 2.45) is 23.7 Å². The molecule has 0 amide bonds. The van der Waals surface area contributed by atoms with Crippen molar-refractivity contribution in [2.75, 3.05) is 0 Å². The maximum Gasteiger partial charge on any atom is 0.307 e. The maximum absolute atomic E-state index is 10.8. The van der Waals surface area contributed by atoms with E-state index >= 15 is 0 Å². The molecule has 4 nitrogen and oxygen atoms in total. The van der Waals surface area contributed by atoms with Gasteiger partial charge in [0.05, 0.1) is 11.8 Å². The number of carboxylic acids is 2. The fourth-order valence-electron chi connectivity index (χ4n) is 3.00. The van der Waals surface area contributed by atoms with E-state index in [1.165, 1.54) is 0 Å². The molecule has 0 saturated heterocycles. The first kappa shape index (κ1) is 8.53. The molecule has 2 aliphatic rings. The summed E-state index contributed by atoms with van der Waals surface area (Å²) in [6.45, 7) is 0. The Bertz CT molecular complexity index is 234. The molecule has 0 spiro atoms. The Balaban J connectivity index is 2.24. The minimum absolute atomic E-state index is 0.114. The van der Waals surface area contributed by atoms with Gasteiger partial charge >= 0.3 is 11.9 Å². The van der Waals surface area contributed by atoms with Gasteiger partial charge in [0.15, 0.2) is 0 Å². The zero-order valence-electron chi connectivity index (χ0n) is 7.14. The summed E-state index contributed by atoms with van der Waals surface area (Å²) in [7, 11) is 0. The van der Waals surface area contributed by atoms with Crippen LogP contribution in [0.1, 0.15) is 19.3 Å². The molecule has 2 bridgehead atoms. The summed E-state index contributed by atoms with van der Waals surface area (Å²) in [5.41, 5.74) is 0. The van der Waals surface area contributed by atoms with Crippen LogP contribution in [0.5, 0.6) is 0 Å². The third kappa shape index (κ3) is 1.12. The highest BCUT2D eigenvalue weighted by Crippen LogP contribution is 2.52. The number of fused-ring (bicyclic) bond motifs is 2. The predicted molar refractivity (Wildman–Crippen MR) is 43.1 cm³/mol. The first-order valence-electron chi connectivity index (χ1n) is 4.57. The van der Waals surface area contributed by atoms with Crippen LogP contribution in [-0.4, -0.2) is 22.2 Å². The van der Waals surface area contributed by atoms with Crippen molar-refractivity contribution in [3.05, 3.63) is 0 Å². The smallest absolute Gasteiger partial charge is 0.307 e. The number of rotatable bonds is 2. The molecule has 0 aromatic rings. The topological polar surface area (TPSA) is 74.6 Å². The third-order valence-electron chi connectivity index (χ3n) is 3.49. The second kappa shape index (κ2) is 2.72. The Kier molecular flexibility index (Phi) is 1.78. The summed E-state index contributed by atoms with van der Waals surface area (Å²) >= 11 is 0. The Morgan fingerprint density at radius 3 is 1.62 bits per heavy atom. The number of carbonyl (C=O) groups is 2. The van der Waals surface area contributed by atoms with E-state index in [1.54, 1.807) is 0 Å². The van der Waals surface area contributed by atoms with E-state index < -0.39 is 23.8 Å². The highest BCUT2D eigenvalue weighted by molar-refractivity contribution is 5.81. The predicted octanol–water partition coefficient (Wildman–Crippen LogP) is 0.818. The van der Waals surface area contributed by atoms with Crippen LogP contribution < -0.4 is 0 Å². The maximum atomic E-state index is 10.8. The van der Waals surface area contributed by atoms with Crippen LogP contribution in [0, 0.1) is 23.7 Å². The molecule has 3 unspecified atom stereocenters. The second-order valence-electron chi connectivity index (χ2n) is 4.06. The van der Waals surface area contributed by atoms with Gasteiger partial charge in [-0.3, -0.25) is 9.59 Å². The molecule has 13 heavy (non-hydrogen) atoms. The van der Waals surface area contributed by atoms with Crippen molar-refractivity contribution in [3.63, 3.8) is 0 Å². The van der Waals surface area contributed by atoms with Gasteiger partial charge in [0.1, 0.15) is 0 Å². The average Bonchev–Trinajstić information content (AvgIpc) is 2.60. The van der Waals surface area contributed by atoms with Crippen molar-refractivity contribution in [1.29, 1.82) is 0 Å². The minimum Gasteiger partial charge on any atom is -0.481 e. The molecule has 2 saturated carbocycles. The molecule has 2 rings (SSSR count). The normalized spacial score (nSPS) is 42.2. The quantitative estimate of drug-likeness (QED) is 0.666. The second-order valence-corrected chi connectivity index (χ2v) is 4.06. The molecule has 0 aromatic carbocycles. The van der Waals surface area contributed by atoms with E-state index in [4.69, 9.17) is 10.2 Å². The highest BCUT2D eigenvalue weighted by atomic mass is 16.4. The first-order chi connectivity index (χ1) is 6.11. The fourth-order valence-corrected chi connectivity index (χ4v) is 3.00. The van der Waals surface area contributed by atoms with E-state index in [9.17, 15) is 9.59 Å². The minimum atomic E-state index is -0.931.